The predicted molar refractivity (Wildman–Crippen MR) is 86.1 cm³/mol. The highest BCUT2D eigenvalue weighted by Crippen LogP contribution is 2.23. The number of hydrogen-bond acceptors (Lipinski definition) is 3. The molecule has 1 amide bonds. The molecule has 0 unspecified atom stereocenters. The van der Waals surface area contributed by atoms with E-state index in [9.17, 15) is 9.59 Å². The molecule has 116 valence electrons. The molecule has 1 N–H and O–H groups in total. The minimum Gasteiger partial charge on any atom is -0.451 e. The van der Waals surface area contributed by atoms with E-state index in [0.29, 0.717) is 23.4 Å². The number of amides is 1. The minimum atomic E-state index is -0.301. The van der Waals surface area contributed by atoms with Gasteiger partial charge in [0.25, 0.3) is 5.91 Å². The molecule has 3 rings (SSSR count). The summed E-state index contributed by atoms with van der Waals surface area (Å²) < 4.78 is 5.59. The third-order valence-corrected chi connectivity index (χ3v) is 4.38. The van der Waals surface area contributed by atoms with Crippen LogP contribution in [0, 0.1) is 12.8 Å². The standard InChI is InChI=1S/C18H21NO3/c1-12-7-8-16-14(9-12)15(20)10-17(22-16)18(21)19-11-13-5-3-2-4-6-13/h7-10,13H,2-6,11H2,1H3,(H,19,21). The van der Waals surface area contributed by atoms with E-state index >= 15 is 0 Å². The number of nitrogens with one attached hydrogen (secondary N) is 1. The molecular formula is C18H21NO3. The van der Waals surface area contributed by atoms with Crippen molar-refractivity contribution in [2.75, 3.05) is 6.54 Å². The van der Waals surface area contributed by atoms with Crippen molar-refractivity contribution in [2.24, 2.45) is 5.92 Å². The van der Waals surface area contributed by atoms with Crippen molar-refractivity contribution in [3.63, 3.8) is 0 Å². The molecule has 0 radical (unpaired) electrons. The summed E-state index contributed by atoms with van der Waals surface area (Å²) >= 11 is 0. The van der Waals surface area contributed by atoms with Crippen LogP contribution in [0.25, 0.3) is 11.0 Å². The number of hydrogen-bond donors (Lipinski definition) is 1. The molecule has 0 saturated heterocycles. The fraction of sp³-hybridized carbons (Fsp3) is 0.444. The van der Waals surface area contributed by atoms with Gasteiger partial charge in [0, 0.05) is 12.6 Å². The minimum absolute atomic E-state index is 0.0946. The Labute approximate surface area is 129 Å². The monoisotopic (exact) mass is 299 g/mol. The van der Waals surface area contributed by atoms with E-state index in [1.165, 1.54) is 38.2 Å². The zero-order chi connectivity index (χ0) is 15.5. The first-order valence-electron chi connectivity index (χ1n) is 7.96. The molecule has 1 aliphatic carbocycles. The first-order valence-corrected chi connectivity index (χ1v) is 7.96. The van der Waals surface area contributed by atoms with Gasteiger partial charge in [0.1, 0.15) is 5.58 Å². The Bertz CT molecular complexity index is 742. The average Bonchev–Trinajstić information content (AvgIpc) is 2.54. The molecule has 4 heteroatoms. The summed E-state index contributed by atoms with van der Waals surface area (Å²) in [7, 11) is 0. The number of aryl methyl sites for hydroxylation is 1. The van der Waals surface area contributed by atoms with E-state index in [-0.39, 0.29) is 17.1 Å². The van der Waals surface area contributed by atoms with E-state index in [1.807, 2.05) is 13.0 Å². The third-order valence-electron chi connectivity index (χ3n) is 4.38. The summed E-state index contributed by atoms with van der Waals surface area (Å²) in [6, 6.07) is 6.68. The Morgan fingerprint density at radius 3 is 2.77 bits per heavy atom. The van der Waals surface area contributed by atoms with E-state index < -0.39 is 0 Å². The molecule has 1 aromatic heterocycles. The Kier molecular flexibility index (Phi) is 4.27. The molecular weight excluding hydrogens is 278 g/mol. The summed E-state index contributed by atoms with van der Waals surface area (Å²) in [6.45, 7) is 2.58. The summed E-state index contributed by atoms with van der Waals surface area (Å²) in [5, 5.41) is 3.42. The first-order chi connectivity index (χ1) is 10.6. The van der Waals surface area contributed by atoms with Gasteiger partial charge < -0.3 is 9.73 Å². The van der Waals surface area contributed by atoms with Crippen LogP contribution in [-0.2, 0) is 0 Å². The van der Waals surface area contributed by atoms with Gasteiger partial charge in [0.05, 0.1) is 5.39 Å². The van der Waals surface area contributed by atoms with Crippen LogP contribution in [0.2, 0.25) is 0 Å². The van der Waals surface area contributed by atoms with Gasteiger partial charge in [-0.05, 0) is 37.8 Å². The van der Waals surface area contributed by atoms with Crippen molar-refractivity contribution in [3.8, 4) is 0 Å². The van der Waals surface area contributed by atoms with E-state index in [0.717, 1.165) is 5.56 Å². The maximum atomic E-state index is 12.2. The Hall–Kier alpha value is -2.10. The lowest BCUT2D eigenvalue weighted by atomic mass is 9.89. The van der Waals surface area contributed by atoms with Crippen LogP contribution in [0.4, 0.5) is 0 Å². The molecule has 0 atom stereocenters. The number of benzene rings is 1. The van der Waals surface area contributed by atoms with Gasteiger partial charge in [0.2, 0.25) is 0 Å². The molecule has 1 aromatic carbocycles. The summed E-state index contributed by atoms with van der Waals surface area (Å²) in [5.41, 5.74) is 1.28. The molecule has 1 saturated carbocycles. The highest BCUT2D eigenvalue weighted by atomic mass is 16.3. The third kappa shape index (κ3) is 3.21. The van der Waals surface area contributed by atoms with Crippen LogP contribution in [0.15, 0.2) is 33.5 Å². The summed E-state index contributed by atoms with van der Waals surface area (Å²) in [6.07, 6.45) is 6.11. The van der Waals surface area contributed by atoms with Crippen LogP contribution < -0.4 is 10.7 Å². The van der Waals surface area contributed by atoms with E-state index in [2.05, 4.69) is 5.32 Å². The Balaban J connectivity index is 1.76. The Morgan fingerprint density at radius 2 is 2.00 bits per heavy atom. The molecule has 1 aliphatic rings. The number of rotatable bonds is 3. The average molecular weight is 299 g/mol. The van der Waals surface area contributed by atoms with E-state index in [1.54, 1.807) is 12.1 Å². The van der Waals surface area contributed by atoms with Crippen molar-refractivity contribution in [2.45, 2.75) is 39.0 Å². The number of carbonyl (C=O) groups excluding carboxylic acids is 1. The number of carbonyl (C=O) groups is 1. The van der Waals surface area contributed by atoms with Gasteiger partial charge in [0.15, 0.2) is 11.2 Å². The maximum Gasteiger partial charge on any atom is 0.287 e. The SMILES string of the molecule is Cc1ccc2oc(C(=O)NCC3CCCCC3)cc(=O)c2c1. The molecule has 4 nitrogen and oxygen atoms in total. The first kappa shape index (κ1) is 14.8. The van der Waals surface area contributed by atoms with Crippen molar-refractivity contribution >= 4 is 16.9 Å². The van der Waals surface area contributed by atoms with Crippen LogP contribution in [0.5, 0.6) is 0 Å². The second-order valence-electron chi connectivity index (χ2n) is 6.19. The molecule has 0 spiro atoms. The molecule has 1 heterocycles. The van der Waals surface area contributed by atoms with Crippen LogP contribution >= 0.6 is 0 Å². The van der Waals surface area contributed by atoms with Crippen molar-refractivity contribution < 1.29 is 9.21 Å². The normalized spacial score (nSPS) is 15.9. The molecule has 0 aliphatic heterocycles. The second-order valence-corrected chi connectivity index (χ2v) is 6.19. The summed E-state index contributed by atoms with van der Waals surface area (Å²) in [4.78, 5) is 24.3. The zero-order valence-electron chi connectivity index (χ0n) is 12.9. The van der Waals surface area contributed by atoms with Gasteiger partial charge in [-0.2, -0.15) is 0 Å². The largest absolute Gasteiger partial charge is 0.451 e. The number of fused-ring (bicyclic) bond motifs is 1. The molecule has 0 bridgehead atoms. The van der Waals surface area contributed by atoms with Gasteiger partial charge in [-0.1, -0.05) is 30.9 Å². The lowest BCUT2D eigenvalue weighted by molar-refractivity contribution is 0.0916. The quantitative estimate of drug-likeness (QED) is 0.944. The van der Waals surface area contributed by atoms with E-state index in [4.69, 9.17) is 4.42 Å². The topological polar surface area (TPSA) is 59.3 Å². The second kappa shape index (κ2) is 6.34. The smallest absolute Gasteiger partial charge is 0.287 e. The molecule has 1 fully saturated rings. The Morgan fingerprint density at radius 1 is 1.23 bits per heavy atom. The van der Waals surface area contributed by atoms with Gasteiger partial charge in [-0.3, -0.25) is 9.59 Å². The van der Waals surface area contributed by atoms with Crippen molar-refractivity contribution in [1.82, 2.24) is 5.32 Å². The fourth-order valence-corrected chi connectivity index (χ4v) is 3.10. The lowest BCUT2D eigenvalue weighted by Gasteiger charge is -2.21. The lowest BCUT2D eigenvalue weighted by Crippen LogP contribution is -2.30. The molecule has 22 heavy (non-hydrogen) atoms. The van der Waals surface area contributed by atoms with Gasteiger partial charge >= 0.3 is 0 Å². The van der Waals surface area contributed by atoms with Crippen molar-refractivity contribution in [1.29, 1.82) is 0 Å². The zero-order valence-corrected chi connectivity index (χ0v) is 12.9. The highest BCUT2D eigenvalue weighted by Gasteiger charge is 2.17. The fourth-order valence-electron chi connectivity index (χ4n) is 3.10. The predicted octanol–water partition coefficient (Wildman–Crippen LogP) is 3.41. The van der Waals surface area contributed by atoms with Gasteiger partial charge in [-0.15, -0.1) is 0 Å². The highest BCUT2D eigenvalue weighted by molar-refractivity contribution is 5.93. The van der Waals surface area contributed by atoms with Crippen molar-refractivity contribution in [3.05, 3.63) is 45.8 Å². The van der Waals surface area contributed by atoms with Crippen LogP contribution in [-0.4, -0.2) is 12.5 Å². The summed E-state index contributed by atoms with van der Waals surface area (Å²) in [5.74, 6) is 0.342. The van der Waals surface area contributed by atoms with Crippen LogP contribution in [0.1, 0.15) is 48.2 Å². The van der Waals surface area contributed by atoms with Crippen LogP contribution in [0.3, 0.4) is 0 Å². The maximum absolute atomic E-state index is 12.2. The van der Waals surface area contributed by atoms with Gasteiger partial charge in [-0.25, -0.2) is 0 Å². The molecule has 2 aromatic rings.